The van der Waals surface area contributed by atoms with Crippen molar-refractivity contribution in [2.75, 3.05) is 0 Å². The first-order valence-electron chi connectivity index (χ1n) is 8.04. The molecule has 3 rings (SSSR count). The highest BCUT2D eigenvalue weighted by molar-refractivity contribution is 5.32. The fraction of sp³-hybridized carbons (Fsp3) is 0.400. The highest BCUT2D eigenvalue weighted by atomic mass is 16.3. The van der Waals surface area contributed by atoms with Gasteiger partial charge in [0, 0.05) is 0 Å². The lowest BCUT2D eigenvalue weighted by Gasteiger charge is -2.27. The monoisotopic (exact) mass is 280 g/mol. The summed E-state index contributed by atoms with van der Waals surface area (Å²) in [5.41, 5.74) is 5.46. The number of hydrogen-bond donors (Lipinski definition) is 1. The van der Waals surface area contributed by atoms with Crippen molar-refractivity contribution < 1.29 is 5.11 Å². The van der Waals surface area contributed by atoms with Gasteiger partial charge in [-0.1, -0.05) is 54.1 Å². The van der Waals surface area contributed by atoms with E-state index in [4.69, 9.17) is 0 Å². The van der Waals surface area contributed by atoms with Crippen molar-refractivity contribution in [1.82, 2.24) is 0 Å². The second kappa shape index (κ2) is 6.44. The highest BCUT2D eigenvalue weighted by Gasteiger charge is 2.22. The van der Waals surface area contributed by atoms with E-state index in [1.165, 1.54) is 41.5 Å². The molecule has 0 bridgehead atoms. The SMILES string of the molecule is Cc1cccc(CC(O)CC2CCCc3ccccc32)c1. The summed E-state index contributed by atoms with van der Waals surface area (Å²) in [6.45, 7) is 2.10. The van der Waals surface area contributed by atoms with Gasteiger partial charge in [0.05, 0.1) is 6.10 Å². The van der Waals surface area contributed by atoms with E-state index in [2.05, 4.69) is 55.5 Å². The van der Waals surface area contributed by atoms with Gasteiger partial charge in [-0.05, 0) is 61.6 Å². The van der Waals surface area contributed by atoms with Crippen molar-refractivity contribution in [2.24, 2.45) is 0 Å². The molecule has 2 aromatic carbocycles. The van der Waals surface area contributed by atoms with E-state index in [1.807, 2.05) is 0 Å². The Bertz CT molecular complexity index is 602. The Morgan fingerprint density at radius 1 is 1.14 bits per heavy atom. The number of aliphatic hydroxyl groups is 1. The molecule has 0 fully saturated rings. The van der Waals surface area contributed by atoms with Crippen LogP contribution in [0.15, 0.2) is 48.5 Å². The molecule has 2 atom stereocenters. The van der Waals surface area contributed by atoms with Crippen molar-refractivity contribution in [2.45, 2.75) is 51.0 Å². The molecule has 0 aromatic heterocycles. The predicted octanol–water partition coefficient (Wildman–Crippen LogP) is 4.41. The van der Waals surface area contributed by atoms with Gasteiger partial charge >= 0.3 is 0 Å². The Hall–Kier alpha value is -1.60. The molecule has 1 heteroatoms. The first-order valence-corrected chi connectivity index (χ1v) is 8.04. The molecule has 0 amide bonds. The van der Waals surface area contributed by atoms with Gasteiger partial charge in [0.15, 0.2) is 0 Å². The molecule has 21 heavy (non-hydrogen) atoms. The quantitative estimate of drug-likeness (QED) is 0.879. The van der Waals surface area contributed by atoms with Gasteiger partial charge in [-0.25, -0.2) is 0 Å². The van der Waals surface area contributed by atoms with Crippen molar-refractivity contribution in [3.63, 3.8) is 0 Å². The van der Waals surface area contributed by atoms with Gasteiger partial charge in [-0.2, -0.15) is 0 Å². The molecule has 0 saturated carbocycles. The summed E-state index contributed by atoms with van der Waals surface area (Å²) in [6.07, 6.45) is 5.05. The Balaban J connectivity index is 1.67. The van der Waals surface area contributed by atoms with Crippen LogP contribution >= 0.6 is 0 Å². The average Bonchev–Trinajstić information content (AvgIpc) is 2.47. The number of fused-ring (bicyclic) bond motifs is 1. The molecule has 0 radical (unpaired) electrons. The van der Waals surface area contributed by atoms with Crippen LogP contribution in [0.5, 0.6) is 0 Å². The van der Waals surface area contributed by atoms with E-state index in [-0.39, 0.29) is 6.10 Å². The van der Waals surface area contributed by atoms with E-state index in [9.17, 15) is 5.11 Å². The first-order chi connectivity index (χ1) is 10.2. The second-order valence-corrected chi connectivity index (χ2v) is 6.37. The van der Waals surface area contributed by atoms with E-state index >= 15 is 0 Å². The maximum absolute atomic E-state index is 10.5. The molecule has 1 N–H and O–H groups in total. The summed E-state index contributed by atoms with van der Waals surface area (Å²) >= 11 is 0. The van der Waals surface area contributed by atoms with Crippen molar-refractivity contribution in [3.05, 3.63) is 70.8 Å². The van der Waals surface area contributed by atoms with E-state index in [0.29, 0.717) is 5.92 Å². The van der Waals surface area contributed by atoms with Crippen LogP contribution < -0.4 is 0 Å². The molecule has 2 aromatic rings. The third-order valence-electron chi connectivity index (χ3n) is 4.60. The molecule has 1 nitrogen and oxygen atoms in total. The lowest BCUT2D eigenvalue weighted by Crippen LogP contribution is -2.18. The fourth-order valence-electron chi connectivity index (χ4n) is 3.62. The standard InChI is InChI=1S/C20H24O/c1-15-6-4-7-16(12-15)13-19(21)14-18-10-5-9-17-8-2-3-11-20(17)18/h2-4,6-8,11-12,18-19,21H,5,9-10,13-14H2,1H3. The van der Waals surface area contributed by atoms with Crippen LogP contribution in [0.3, 0.4) is 0 Å². The third kappa shape index (κ3) is 3.54. The summed E-state index contributed by atoms with van der Waals surface area (Å²) in [7, 11) is 0. The van der Waals surface area contributed by atoms with Crippen LogP contribution in [0.1, 0.15) is 47.4 Å². The molecule has 2 unspecified atom stereocenters. The summed E-state index contributed by atoms with van der Waals surface area (Å²) in [5.74, 6) is 0.523. The van der Waals surface area contributed by atoms with Crippen molar-refractivity contribution in [3.8, 4) is 0 Å². The summed E-state index contributed by atoms with van der Waals surface area (Å²) < 4.78 is 0. The molecular weight excluding hydrogens is 256 g/mol. The number of hydrogen-bond acceptors (Lipinski definition) is 1. The van der Waals surface area contributed by atoms with Gasteiger partial charge in [0.2, 0.25) is 0 Å². The van der Waals surface area contributed by atoms with E-state index in [1.54, 1.807) is 0 Å². The maximum atomic E-state index is 10.5. The van der Waals surface area contributed by atoms with Crippen LogP contribution in [-0.4, -0.2) is 11.2 Å². The minimum atomic E-state index is -0.247. The topological polar surface area (TPSA) is 20.2 Å². The number of aliphatic hydroxyl groups excluding tert-OH is 1. The van der Waals surface area contributed by atoms with Crippen molar-refractivity contribution in [1.29, 1.82) is 0 Å². The highest BCUT2D eigenvalue weighted by Crippen LogP contribution is 2.35. The van der Waals surface area contributed by atoms with Crippen molar-refractivity contribution >= 4 is 0 Å². The lowest BCUT2D eigenvalue weighted by atomic mass is 9.79. The van der Waals surface area contributed by atoms with Crippen LogP contribution in [0, 0.1) is 6.92 Å². The minimum absolute atomic E-state index is 0.247. The zero-order valence-corrected chi connectivity index (χ0v) is 12.8. The van der Waals surface area contributed by atoms with Gasteiger partial charge in [-0.3, -0.25) is 0 Å². The Morgan fingerprint density at radius 3 is 2.86 bits per heavy atom. The van der Waals surface area contributed by atoms with Gasteiger partial charge in [-0.15, -0.1) is 0 Å². The maximum Gasteiger partial charge on any atom is 0.0586 e. The predicted molar refractivity (Wildman–Crippen MR) is 87.6 cm³/mol. The molecule has 110 valence electrons. The smallest absolute Gasteiger partial charge is 0.0586 e. The molecular formula is C20H24O. The lowest BCUT2D eigenvalue weighted by molar-refractivity contribution is 0.152. The second-order valence-electron chi connectivity index (χ2n) is 6.37. The Labute approximate surface area is 127 Å². The minimum Gasteiger partial charge on any atom is -0.393 e. The Kier molecular flexibility index (Phi) is 4.40. The van der Waals surface area contributed by atoms with Gasteiger partial charge in [0.25, 0.3) is 0 Å². The van der Waals surface area contributed by atoms with E-state index in [0.717, 1.165) is 12.8 Å². The molecule has 0 heterocycles. The van der Waals surface area contributed by atoms with Gasteiger partial charge in [0.1, 0.15) is 0 Å². The van der Waals surface area contributed by atoms with Crippen LogP contribution in [-0.2, 0) is 12.8 Å². The molecule has 0 saturated heterocycles. The van der Waals surface area contributed by atoms with E-state index < -0.39 is 0 Å². The molecule has 0 spiro atoms. The number of rotatable bonds is 4. The number of benzene rings is 2. The van der Waals surface area contributed by atoms with Gasteiger partial charge < -0.3 is 5.11 Å². The third-order valence-corrected chi connectivity index (χ3v) is 4.60. The normalized spacial score (nSPS) is 19.0. The molecule has 0 aliphatic heterocycles. The van der Waals surface area contributed by atoms with Crippen LogP contribution in [0.4, 0.5) is 0 Å². The van der Waals surface area contributed by atoms with Crippen LogP contribution in [0.2, 0.25) is 0 Å². The summed E-state index contributed by atoms with van der Waals surface area (Å²) in [4.78, 5) is 0. The first kappa shape index (κ1) is 14.3. The summed E-state index contributed by atoms with van der Waals surface area (Å²) in [6, 6.07) is 17.2. The fourth-order valence-corrected chi connectivity index (χ4v) is 3.62. The average molecular weight is 280 g/mol. The summed E-state index contributed by atoms with van der Waals surface area (Å²) in [5, 5.41) is 10.5. The number of aryl methyl sites for hydroxylation is 2. The zero-order chi connectivity index (χ0) is 14.7. The molecule has 1 aliphatic rings. The molecule has 1 aliphatic carbocycles. The largest absolute Gasteiger partial charge is 0.393 e. The Morgan fingerprint density at radius 2 is 2.00 bits per heavy atom. The zero-order valence-electron chi connectivity index (χ0n) is 12.8. The van der Waals surface area contributed by atoms with Crippen LogP contribution in [0.25, 0.3) is 0 Å².